The Morgan fingerprint density at radius 1 is 1.24 bits per heavy atom. The van der Waals surface area contributed by atoms with Gasteiger partial charge in [-0.15, -0.1) is 0 Å². The van der Waals surface area contributed by atoms with Gasteiger partial charge in [0, 0.05) is 33.4 Å². The summed E-state index contributed by atoms with van der Waals surface area (Å²) in [7, 11) is 7.08. The first kappa shape index (κ1) is 15.2. The van der Waals surface area contributed by atoms with Crippen molar-refractivity contribution in [2.24, 2.45) is 14.1 Å². The van der Waals surface area contributed by atoms with Crippen LogP contribution in [0.4, 0.5) is 5.69 Å². The minimum Gasteiger partial charge on any atom is -0.383 e. The van der Waals surface area contributed by atoms with Crippen molar-refractivity contribution in [3.8, 4) is 0 Å². The zero-order chi connectivity index (χ0) is 15.7. The van der Waals surface area contributed by atoms with Crippen LogP contribution in [0, 0.1) is 6.92 Å². The summed E-state index contributed by atoms with van der Waals surface area (Å²) in [6.45, 7) is 3.45. The maximum absolute atomic E-state index is 12.4. The first-order chi connectivity index (χ1) is 9.84. The zero-order valence-corrected chi connectivity index (χ0v) is 13.1. The van der Waals surface area contributed by atoms with Gasteiger partial charge in [0.1, 0.15) is 5.39 Å². The standard InChI is InChI=1S/C14H21N5O2/c1-9-8-16-12-10(11(9)15-6-7-17(2)3)13(20)19(5)14(21)18(12)4/h8H,6-7H2,1-5H3,(H,15,16). The highest BCUT2D eigenvalue weighted by Gasteiger charge is 2.15. The van der Waals surface area contributed by atoms with Crippen LogP contribution in [0.2, 0.25) is 0 Å². The number of hydrogen-bond donors (Lipinski definition) is 1. The summed E-state index contributed by atoms with van der Waals surface area (Å²) in [6, 6.07) is 0. The van der Waals surface area contributed by atoms with Crippen LogP contribution >= 0.6 is 0 Å². The molecule has 0 unspecified atom stereocenters. The van der Waals surface area contributed by atoms with Crippen LogP contribution in [-0.4, -0.2) is 46.2 Å². The van der Waals surface area contributed by atoms with E-state index >= 15 is 0 Å². The number of aromatic nitrogens is 3. The van der Waals surface area contributed by atoms with E-state index in [1.807, 2.05) is 21.0 Å². The van der Waals surface area contributed by atoms with E-state index in [4.69, 9.17) is 0 Å². The van der Waals surface area contributed by atoms with Crippen LogP contribution in [0.3, 0.4) is 0 Å². The monoisotopic (exact) mass is 291 g/mol. The summed E-state index contributed by atoms with van der Waals surface area (Å²) < 4.78 is 2.51. The first-order valence-electron chi connectivity index (χ1n) is 6.78. The van der Waals surface area contributed by atoms with E-state index in [9.17, 15) is 9.59 Å². The molecule has 2 aromatic rings. The molecule has 0 aliphatic rings. The number of hydrogen-bond acceptors (Lipinski definition) is 5. The summed E-state index contributed by atoms with van der Waals surface area (Å²) >= 11 is 0. The highest BCUT2D eigenvalue weighted by molar-refractivity contribution is 5.89. The van der Waals surface area contributed by atoms with Crippen molar-refractivity contribution in [2.45, 2.75) is 6.92 Å². The summed E-state index contributed by atoms with van der Waals surface area (Å²) in [6.07, 6.45) is 1.68. The first-order valence-corrected chi connectivity index (χ1v) is 6.78. The number of likely N-dealkylation sites (N-methyl/N-ethyl adjacent to an activating group) is 1. The predicted molar refractivity (Wildman–Crippen MR) is 84.0 cm³/mol. The number of aryl methyl sites for hydroxylation is 2. The normalized spacial score (nSPS) is 11.3. The lowest BCUT2D eigenvalue weighted by Crippen LogP contribution is -2.37. The highest BCUT2D eigenvalue weighted by atomic mass is 16.2. The van der Waals surface area contributed by atoms with Gasteiger partial charge in [0.25, 0.3) is 5.56 Å². The lowest BCUT2D eigenvalue weighted by atomic mass is 10.2. The summed E-state index contributed by atoms with van der Waals surface area (Å²) in [4.78, 5) is 30.7. The molecule has 0 amide bonds. The van der Waals surface area contributed by atoms with E-state index in [0.717, 1.165) is 22.4 Å². The third-order valence-corrected chi connectivity index (χ3v) is 3.52. The summed E-state index contributed by atoms with van der Waals surface area (Å²) in [5.74, 6) is 0. The fraction of sp³-hybridized carbons (Fsp3) is 0.500. The van der Waals surface area contributed by atoms with Crippen LogP contribution in [0.15, 0.2) is 15.8 Å². The van der Waals surface area contributed by atoms with E-state index in [2.05, 4.69) is 15.2 Å². The van der Waals surface area contributed by atoms with E-state index in [0.29, 0.717) is 17.6 Å². The Labute approximate surface area is 122 Å². The molecule has 2 aromatic heterocycles. The number of pyridine rings is 1. The quantitative estimate of drug-likeness (QED) is 0.852. The van der Waals surface area contributed by atoms with Crippen molar-refractivity contribution in [3.63, 3.8) is 0 Å². The molecule has 2 rings (SSSR count). The van der Waals surface area contributed by atoms with Crippen LogP contribution in [0.25, 0.3) is 11.0 Å². The second-order valence-electron chi connectivity index (χ2n) is 5.45. The number of fused-ring (bicyclic) bond motifs is 1. The Morgan fingerprint density at radius 2 is 1.90 bits per heavy atom. The highest BCUT2D eigenvalue weighted by Crippen LogP contribution is 2.21. The number of nitrogens with zero attached hydrogens (tertiary/aromatic N) is 4. The van der Waals surface area contributed by atoms with Crippen molar-refractivity contribution in [2.75, 3.05) is 32.5 Å². The Bertz CT molecular complexity index is 789. The van der Waals surface area contributed by atoms with Crippen LogP contribution in [0.5, 0.6) is 0 Å². The van der Waals surface area contributed by atoms with Gasteiger partial charge in [0.2, 0.25) is 0 Å². The van der Waals surface area contributed by atoms with Gasteiger partial charge in [-0.05, 0) is 26.6 Å². The summed E-state index contributed by atoms with van der Waals surface area (Å²) in [5.41, 5.74) is 1.34. The fourth-order valence-electron chi connectivity index (χ4n) is 2.26. The van der Waals surface area contributed by atoms with Gasteiger partial charge in [-0.1, -0.05) is 0 Å². The average molecular weight is 291 g/mol. The minimum atomic E-state index is -0.372. The van der Waals surface area contributed by atoms with Crippen LogP contribution < -0.4 is 16.6 Å². The van der Waals surface area contributed by atoms with Gasteiger partial charge < -0.3 is 10.2 Å². The van der Waals surface area contributed by atoms with E-state index < -0.39 is 0 Å². The molecule has 21 heavy (non-hydrogen) atoms. The zero-order valence-electron chi connectivity index (χ0n) is 13.1. The lowest BCUT2D eigenvalue weighted by Gasteiger charge is -2.16. The molecule has 1 N–H and O–H groups in total. The lowest BCUT2D eigenvalue weighted by molar-refractivity contribution is 0.425. The maximum atomic E-state index is 12.4. The number of rotatable bonds is 4. The molecule has 0 atom stereocenters. The van der Waals surface area contributed by atoms with E-state index in [-0.39, 0.29) is 11.2 Å². The molecule has 0 saturated heterocycles. The molecule has 7 nitrogen and oxygen atoms in total. The predicted octanol–water partition coefficient (Wildman–Crippen LogP) is -0.0859. The largest absolute Gasteiger partial charge is 0.383 e. The maximum Gasteiger partial charge on any atom is 0.332 e. The Kier molecular flexibility index (Phi) is 4.13. The number of nitrogens with one attached hydrogen (secondary N) is 1. The van der Waals surface area contributed by atoms with Crippen molar-refractivity contribution >= 4 is 16.7 Å². The molecule has 114 valence electrons. The van der Waals surface area contributed by atoms with Gasteiger partial charge in [-0.3, -0.25) is 13.9 Å². The fourth-order valence-corrected chi connectivity index (χ4v) is 2.26. The molecule has 0 aromatic carbocycles. The summed E-state index contributed by atoms with van der Waals surface area (Å²) in [5, 5.41) is 3.75. The molecule has 0 fully saturated rings. The van der Waals surface area contributed by atoms with E-state index in [1.54, 1.807) is 13.2 Å². The molecule has 0 saturated carbocycles. The van der Waals surface area contributed by atoms with Crippen molar-refractivity contribution in [1.82, 2.24) is 19.0 Å². The second-order valence-corrected chi connectivity index (χ2v) is 5.45. The molecule has 0 aliphatic heterocycles. The molecule has 0 bridgehead atoms. The third kappa shape index (κ3) is 2.69. The van der Waals surface area contributed by atoms with E-state index in [1.165, 1.54) is 11.6 Å². The molecule has 0 aliphatic carbocycles. The topological polar surface area (TPSA) is 72.2 Å². The molecular formula is C14H21N5O2. The van der Waals surface area contributed by atoms with Crippen molar-refractivity contribution in [1.29, 1.82) is 0 Å². The van der Waals surface area contributed by atoms with Crippen LogP contribution in [0.1, 0.15) is 5.56 Å². The van der Waals surface area contributed by atoms with Crippen molar-refractivity contribution in [3.05, 3.63) is 32.6 Å². The molecular weight excluding hydrogens is 270 g/mol. The average Bonchev–Trinajstić information content (AvgIpc) is 2.44. The second kappa shape index (κ2) is 5.69. The van der Waals surface area contributed by atoms with Gasteiger partial charge >= 0.3 is 5.69 Å². The molecule has 2 heterocycles. The molecule has 7 heteroatoms. The van der Waals surface area contributed by atoms with Gasteiger partial charge in [-0.2, -0.15) is 0 Å². The van der Waals surface area contributed by atoms with Gasteiger partial charge in [0.15, 0.2) is 5.65 Å². The Hall–Kier alpha value is -2.15. The minimum absolute atomic E-state index is 0.323. The smallest absolute Gasteiger partial charge is 0.332 e. The van der Waals surface area contributed by atoms with Crippen molar-refractivity contribution < 1.29 is 0 Å². The number of anilines is 1. The Balaban J connectivity index is 2.67. The Morgan fingerprint density at radius 3 is 2.52 bits per heavy atom. The molecule has 0 radical (unpaired) electrons. The molecule has 0 spiro atoms. The van der Waals surface area contributed by atoms with Crippen LogP contribution in [-0.2, 0) is 14.1 Å². The third-order valence-electron chi connectivity index (χ3n) is 3.52. The van der Waals surface area contributed by atoms with Gasteiger partial charge in [0.05, 0.1) is 5.69 Å². The SMILES string of the molecule is Cc1cnc2c(c1NCCN(C)C)c(=O)n(C)c(=O)n2C. The van der Waals surface area contributed by atoms with Gasteiger partial charge in [-0.25, -0.2) is 9.78 Å².